The number of aromatic nitrogens is 2. The number of benzene rings is 2. The molecular formula is C24H25N3O3S. The van der Waals surface area contributed by atoms with Gasteiger partial charge in [0.2, 0.25) is 9.84 Å². The highest BCUT2D eigenvalue weighted by Gasteiger charge is 2.34. The molecule has 2 atom stereocenters. The van der Waals surface area contributed by atoms with Crippen LogP contribution in [-0.2, 0) is 23.3 Å². The zero-order valence-electron chi connectivity index (χ0n) is 17.6. The largest absolute Gasteiger partial charge is 0.495 e. The molecule has 0 radical (unpaired) electrons. The van der Waals surface area contributed by atoms with Gasteiger partial charge in [-0.15, -0.1) is 0 Å². The van der Waals surface area contributed by atoms with Crippen molar-refractivity contribution in [2.75, 3.05) is 13.7 Å². The molecule has 7 rings (SSSR count). The molecule has 7 heteroatoms. The molecule has 1 saturated heterocycles. The maximum atomic E-state index is 13.6. The second-order valence-corrected chi connectivity index (χ2v) is 10.7. The molecular weight excluding hydrogens is 410 g/mol. The number of hydrogen-bond donors (Lipinski definition) is 2. The van der Waals surface area contributed by atoms with E-state index in [0.717, 1.165) is 41.2 Å². The first-order chi connectivity index (χ1) is 15.0. The average molecular weight is 436 g/mol. The lowest BCUT2D eigenvalue weighted by molar-refractivity contribution is 0.332. The predicted octanol–water partition coefficient (Wildman–Crippen LogP) is 4.10. The fourth-order valence-corrected chi connectivity index (χ4v) is 6.83. The van der Waals surface area contributed by atoms with E-state index in [9.17, 15) is 8.42 Å². The van der Waals surface area contributed by atoms with E-state index in [0.29, 0.717) is 16.6 Å². The summed E-state index contributed by atoms with van der Waals surface area (Å²) < 4.78 is 35.2. The monoisotopic (exact) mass is 435 g/mol. The Balaban J connectivity index is 1.60. The summed E-state index contributed by atoms with van der Waals surface area (Å²) in [4.78, 5) is 3.68. The van der Waals surface area contributed by atoms with Gasteiger partial charge in [0.15, 0.2) is 0 Å². The minimum atomic E-state index is -3.70. The van der Waals surface area contributed by atoms with Crippen molar-refractivity contribution >= 4 is 31.6 Å². The number of nitrogens with one attached hydrogen (secondary N) is 2. The smallest absolute Gasteiger partial charge is 0.206 e. The molecule has 4 aromatic rings. The van der Waals surface area contributed by atoms with E-state index in [1.807, 2.05) is 24.4 Å². The zero-order chi connectivity index (χ0) is 21.3. The highest BCUT2D eigenvalue weighted by Crippen LogP contribution is 2.44. The van der Waals surface area contributed by atoms with Crippen LogP contribution in [0.4, 0.5) is 0 Å². The zero-order valence-corrected chi connectivity index (χ0v) is 18.4. The van der Waals surface area contributed by atoms with Crippen LogP contribution in [0.2, 0.25) is 0 Å². The van der Waals surface area contributed by atoms with Crippen molar-refractivity contribution in [3.63, 3.8) is 0 Å². The molecule has 0 saturated carbocycles. The summed E-state index contributed by atoms with van der Waals surface area (Å²) in [7, 11) is -0.0135. The van der Waals surface area contributed by atoms with E-state index in [2.05, 4.69) is 21.9 Å². The van der Waals surface area contributed by atoms with Crippen molar-refractivity contribution in [3.8, 4) is 5.75 Å². The number of nitrogens with zero attached hydrogens (tertiary/aromatic N) is 1. The Morgan fingerprint density at radius 1 is 1.10 bits per heavy atom. The molecule has 2 aromatic carbocycles. The number of hydrogen-bond acceptors (Lipinski definition) is 4. The van der Waals surface area contributed by atoms with E-state index in [4.69, 9.17) is 4.74 Å². The summed E-state index contributed by atoms with van der Waals surface area (Å²) in [6.07, 6.45) is 5.12. The highest BCUT2D eigenvalue weighted by atomic mass is 32.2. The van der Waals surface area contributed by atoms with Gasteiger partial charge in [-0.3, -0.25) is 0 Å². The number of aryl methyl sites for hydroxylation is 1. The van der Waals surface area contributed by atoms with Gasteiger partial charge >= 0.3 is 0 Å². The average Bonchev–Trinajstić information content (AvgIpc) is 3.24. The first-order valence-electron chi connectivity index (χ1n) is 10.7. The van der Waals surface area contributed by atoms with Crippen LogP contribution < -0.4 is 10.1 Å². The van der Waals surface area contributed by atoms with Crippen LogP contribution in [0.3, 0.4) is 0 Å². The normalized spacial score (nSPS) is 20.8. The molecule has 0 spiro atoms. The van der Waals surface area contributed by atoms with E-state index in [1.165, 1.54) is 17.7 Å². The summed E-state index contributed by atoms with van der Waals surface area (Å²) in [5.74, 6) is 1.23. The first kappa shape index (κ1) is 19.0. The van der Waals surface area contributed by atoms with Gasteiger partial charge in [-0.1, -0.05) is 0 Å². The molecule has 2 N–H and O–H groups in total. The number of ether oxygens (including phenoxy) is 1. The number of methoxy groups -OCH3 is 1. The van der Waals surface area contributed by atoms with E-state index >= 15 is 0 Å². The van der Waals surface area contributed by atoms with Crippen molar-refractivity contribution in [2.45, 2.75) is 35.1 Å². The summed E-state index contributed by atoms with van der Waals surface area (Å²) in [6, 6.07) is 10.9. The topological polar surface area (TPSA) is 76.1 Å². The fourth-order valence-electron chi connectivity index (χ4n) is 5.50. The van der Waals surface area contributed by atoms with Crippen molar-refractivity contribution in [2.24, 2.45) is 13.0 Å². The minimum absolute atomic E-state index is 0.260. The number of H-pyrrole nitrogens is 1. The number of fused-ring (bicyclic) bond motifs is 4. The maximum Gasteiger partial charge on any atom is 0.206 e. The first-order valence-corrected chi connectivity index (χ1v) is 12.2. The third kappa shape index (κ3) is 2.69. The lowest BCUT2D eigenvalue weighted by atomic mass is 9.94. The van der Waals surface area contributed by atoms with E-state index < -0.39 is 9.84 Å². The molecule has 2 aromatic heterocycles. The molecule has 1 fully saturated rings. The van der Waals surface area contributed by atoms with Crippen molar-refractivity contribution < 1.29 is 13.2 Å². The molecule has 0 amide bonds. The Morgan fingerprint density at radius 2 is 1.97 bits per heavy atom. The number of aromatic amines is 1. The number of sulfone groups is 1. The Kier molecular flexibility index (Phi) is 4.04. The Morgan fingerprint density at radius 3 is 2.74 bits per heavy atom. The third-order valence-corrected chi connectivity index (χ3v) is 8.83. The standard InChI is InChI=1S/C24H25N3O3S/c1-27-21-9-14-3-5-20(26-13-14)23(21)18-11-17(12-22(30-2)24(18)27)31(28,29)16-4-6-19-15(10-16)7-8-25-19/h4,6-8,10-12,14,20,25-26H,3,5,9,13H2,1-2H3. The molecule has 31 heavy (non-hydrogen) atoms. The third-order valence-electron chi connectivity index (χ3n) is 7.10. The van der Waals surface area contributed by atoms with Crippen LogP contribution in [0, 0.1) is 5.92 Å². The van der Waals surface area contributed by atoms with Gasteiger partial charge in [0.25, 0.3) is 0 Å². The molecule has 2 unspecified atom stereocenters. The highest BCUT2D eigenvalue weighted by molar-refractivity contribution is 7.91. The van der Waals surface area contributed by atoms with Crippen molar-refractivity contribution in [1.29, 1.82) is 0 Å². The molecule has 2 aliphatic heterocycles. The van der Waals surface area contributed by atoms with E-state index in [-0.39, 0.29) is 10.9 Å². The fraction of sp³-hybridized carbons (Fsp3) is 0.333. The van der Waals surface area contributed by atoms with Gasteiger partial charge in [-0.25, -0.2) is 8.42 Å². The number of rotatable bonds is 3. The second-order valence-electron chi connectivity index (χ2n) is 8.78. The summed E-state index contributed by atoms with van der Waals surface area (Å²) in [5.41, 5.74) is 4.44. The van der Waals surface area contributed by atoms with Gasteiger partial charge in [-0.05, 0) is 67.6 Å². The number of piperidine rings is 1. The van der Waals surface area contributed by atoms with Gasteiger partial charge in [0, 0.05) is 47.3 Å². The molecule has 3 aliphatic rings. The Labute approximate surface area is 181 Å². The minimum Gasteiger partial charge on any atom is -0.495 e. The summed E-state index contributed by atoms with van der Waals surface area (Å²) >= 11 is 0. The van der Waals surface area contributed by atoms with Crippen LogP contribution in [0.25, 0.3) is 21.8 Å². The van der Waals surface area contributed by atoms with Crippen molar-refractivity contribution in [1.82, 2.24) is 14.9 Å². The van der Waals surface area contributed by atoms with Crippen molar-refractivity contribution in [3.05, 3.63) is 53.9 Å². The van der Waals surface area contributed by atoms with Gasteiger partial charge < -0.3 is 19.6 Å². The SMILES string of the molecule is COc1cc(S(=O)(=O)c2ccc3[nH]ccc3c2)cc2c3c(n(C)c12)CC1CCC3NC1. The molecule has 6 nitrogen and oxygen atoms in total. The van der Waals surface area contributed by atoms with E-state index in [1.54, 1.807) is 25.3 Å². The molecule has 1 aliphatic carbocycles. The second kappa shape index (κ2) is 6.61. The maximum absolute atomic E-state index is 13.6. The van der Waals surface area contributed by atoms with Crippen LogP contribution in [0.15, 0.2) is 52.4 Å². The quantitative estimate of drug-likeness (QED) is 0.508. The summed E-state index contributed by atoms with van der Waals surface area (Å²) in [5, 5.41) is 5.54. The molecule has 160 valence electrons. The van der Waals surface area contributed by atoms with Crippen LogP contribution in [-0.4, -0.2) is 31.6 Å². The molecule has 4 heterocycles. The lowest BCUT2D eigenvalue weighted by Gasteiger charge is -2.25. The van der Waals surface area contributed by atoms with Crippen LogP contribution >= 0.6 is 0 Å². The van der Waals surface area contributed by atoms with Gasteiger partial charge in [-0.2, -0.15) is 0 Å². The summed E-state index contributed by atoms with van der Waals surface area (Å²) in [6.45, 7) is 1.02. The van der Waals surface area contributed by atoms with Gasteiger partial charge in [0.1, 0.15) is 5.75 Å². The van der Waals surface area contributed by atoms with Crippen LogP contribution in [0.1, 0.15) is 30.1 Å². The molecule has 2 bridgehead atoms. The van der Waals surface area contributed by atoms with Crippen LogP contribution in [0.5, 0.6) is 5.75 Å². The predicted molar refractivity (Wildman–Crippen MR) is 120 cm³/mol. The lowest BCUT2D eigenvalue weighted by Crippen LogP contribution is -2.30. The Hall–Kier alpha value is -2.77. The Bertz CT molecular complexity index is 1440. The van der Waals surface area contributed by atoms with Gasteiger partial charge in [0.05, 0.1) is 22.4 Å².